The van der Waals surface area contributed by atoms with Gasteiger partial charge in [0.05, 0.1) is 12.3 Å². The van der Waals surface area contributed by atoms with Gasteiger partial charge in [0.25, 0.3) is 0 Å². The SMILES string of the molecule is NCc1nc(CSc2ccc(Br)cc2)no1. The topological polar surface area (TPSA) is 64.9 Å². The predicted octanol–water partition coefficient (Wildman–Crippen LogP) is 2.58. The summed E-state index contributed by atoms with van der Waals surface area (Å²) >= 11 is 5.05. The van der Waals surface area contributed by atoms with Gasteiger partial charge in [-0.05, 0) is 24.3 Å². The average molecular weight is 300 g/mol. The molecule has 2 aromatic rings. The number of nitrogens with zero attached hydrogens (tertiary/aromatic N) is 2. The molecule has 0 spiro atoms. The Kier molecular flexibility index (Phi) is 3.98. The first-order valence-corrected chi connectivity index (χ1v) is 6.45. The summed E-state index contributed by atoms with van der Waals surface area (Å²) in [5, 5.41) is 3.82. The van der Waals surface area contributed by atoms with Crippen LogP contribution in [0.3, 0.4) is 0 Å². The minimum absolute atomic E-state index is 0.288. The molecular weight excluding hydrogens is 290 g/mol. The van der Waals surface area contributed by atoms with E-state index in [0.29, 0.717) is 17.5 Å². The number of halogens is 1. The van der Waals surface area contributed by atoms with Gasteiger partial charge >= 0.3 is 0 Å². The van der Waals surface area contributed by atoms with Crippen LogP contribution in [0.15, 0.2) is 38.2 Å². The summed E-state index contributed by atoms with van der Waals surface area (Å²) in [6, 6.07) is 8.09. The third-order valence-electron chi connectivity index (χ3n) is 1.87. The van der Waals surface area contributed by atoms with Crippen LogP contribution >= 0.6 is 27.7 Å². The van der Waals surface area contributed by atoms with Crippen LogP contribution in [-0.2, 0) is 12.3 Å². The molecule has 0 atom stereocenters. The first-order chi connectivity index (χ1) is 7.78. The summed E-state index contributed by atoms with van der Waals surface area (Å²) in [6.07, 6.45) is 0. The van der Waals surface area contributed by atoms with E-state index in [1.807, 2.05) is 24.3 Å². The Morgan fingerprint density at radius 3 is 2.69 bits per heavy atom. The van der Waals surface area contributed by atoms with Gasteiger partial charge < -0.3 is 10.3 Å². The van der Waals surface area contributed by atoms with E-state index in [0.717, 1.165) is 4.47 Å². The fraction of sp³-hybridized carbons (Fsp3) is 0.200. The highest BCUT2D eigenvalue weighted by Crippen LogP contribution is 2.23. The number of benzene rings is 1. The zero-order chi connectivity index (χ0) is 11.4. The summed E-state index contributed by atoms with van der Waals surface area (Å²) < 4.78 is 5.99. The van der Waals surface area contributed by atoms with Gasteiger partial charge in [0.2, 0.25) is 5.89 Å². The second-order valence-corrected chi connectivity index (χ2v) is 5.02. The van der Waals surface area contributed by atoms with Crippen molar-refractivity contribution in [1.29, 1.82) is 0 Å². The van der Waals surface area contributed by atoms with Crippen molar-refractivity contribution in [2.75, 3.05) is 0 Å². The molecule has 0 aliphatic carbocycles. The first kappa shape index (κ1) is 11.6. The Hall–Kier alpha value is -0.850. The minimum Gasteiger partial charge on any atom is -0.338 e. The lowest BCUT2D eigenvalue weighted by molar-refractivity contribution is 0.376. The first-order valence-electron chi connectivity index (χ1n) is 4.68. The van der Waals surface area contributed by atoms with Crippen LogP contribution in [0.4, 0.5) is 0 Å². The maximum Gasteiger partial charge on any atom is 0.240 e. The molecule has 0 saturated carbocycles. The third-order valence-corrected chi connectivity index (χ3v) is 3.40. The number of nitrogens with two attached hydrogens (primary N) is 1. The fourth-order valence-electron chi connectivity index (χ4n) is 1.11. The lowest BCUT2D eigenvalue weighted by Gasteiger charge is -1.97. The van der Waals surface area contributed by atoms with Crippen LogP contribution in [0.25, 0.3) is 0 Å². The maximum absolute atomic E-state index is 5.38. The summed E-state index contributed by atoms with van der Waals surface area (Å²) in [7, 11) is 0. The minimum atomic E-state index is 0.288. The molecule has 1 aromatic carbocycles. The molecule has 0 fully saturated rings. The monoisotopic (exact) mass is 299 g/mol. The van der Waals surface area contributed by atoms with Crippen LogP contribution in [0.5, 0.6) is 0 Å². The molecule has 1 aromatic heterocycles. The van der Waals surface area contributed by atoms with Gasteiger partial charge in [-0.2, -0.15) is 4.98 Å². The van der Waals surface area contributed by atoms with Crippen molar-refractivity contribution in [1.82, 2.24) is 10.1 Å². The Morgan fingerprint density at radius 1 is 1.31 bits per heavy atom. The van der Waals surface area contributed by atoms with Gasteiger partial charge in [-0.15, -0.1) is 11.8 Å². The molecule has 0 unspecified atom stereocenters. The van der Waals surface area contributed by atoms with Gasteiger partial charge in [0, 0.05) is 9.37 Å². The molecule has 1 heterocycles. The van der Waals surface area contributed by atoms with E-state index in [9.17, 15) is 0 Å². The van der Waals surface area contributed by atoms with E-state index in [1.165, 1.54) is 4.90 Å². The van der Waals surface area contributed by atoms with Crippen molar-refractivity contribution >= 4 is 27.7 Å². The van der Waals surface area contributed by atoms with Crippen molar-refractivity contribution in [2.45, 2.75) is 17.2 Å². The van der Waals surface area contributed by atoms with E-state index in [1.54, 1.807) is 11.8 Å². The zero-order valence-electron chi connectivity index (χ0n) is 8.39. The summed E-state index contributed by atoms with van der Waals surface area (Å²) in [4.78, 5) is 5.30. The van der Waals surface area contributed by atoms with Gasteiger partial charge in [-0.25, -0.2) is 0 Å². The molecule has 4 nitrogen and oxygen atoms in total. The summed E-state index contributed by atoms with van der Waals surface area (Å²) in [5.74, 6) is 1.84. The molecule has 0 saturated heterocycles. The second kappa shape index (κ2) is 5.47. The zero-order valence-corrected chi connectivity index (χ0v) is 10.8. The van der Waals surface area contributed by atoms with Crippen LogP contribution < -0.4 is 5.73 Å². The van der Waals surface area contributed by atoms with Crippen molar-refractivity contribution in [2.24, 2.45) is 5.73 Å². The number of hydrogen-bond donors (Lipinski definition) is 1. The molecule has 0 bridgehead atoms. The van der Waals surface area contributed by atoms with Crippen molar-refractivity contribution in [3.63, 3.8) is 0 Å². The van der Waals surface area contributed by atoms with Gasteiger partial charge in [0.1, 0.15) is 0 Å². The highest BCUT2D eigenvalue weighted by atomic mass is 79.9. The largest absolute Gasteiger partial charge is 0.338 e. The van der Waals surface area contributed by atoms with Crippen LogP contribution in [0, 0.1) is 0 Å². The third kappa shape index (κ3) is 3.07. The number of rotatable bonds is 4. The normalized spacial score (nSPS) is 10.6. The lowest BCUT2D eigenvalue weighted by atomic mass is 10.4. The molecular formula is C10H10BrN3OS. The molecule has 2 N–H and O–H groups in total. The van der Waals surface area contributed by atoms with Crippen LogP contribution in [0.2, 0.25) is 0 Å². The second-order valence-electron chi connectivity index (χ2n) is 3.05. The molecule has 0 amide bonds. The van der Waals surface area contributed by atoms with Gasteiger partial charge in [-0.3, -0.25) is 0 Å². The number of thioether (sulfide) groups is 1. The Bertz CT molecular complexity index is 457. The summed E-state index contributed by atoms with van der Waals surface area (Å²) in [5.41, 5.74) is 5.38. The molecule has 84 valence electrons. The van der Waals surface area contributed by atoms with Crippen LogP contribution in [-0.4, -0.2) is 10.1 Å². The molecule has 0 aliphatic rings. The highest BCUT2D eigenvalue weighted by Gasteiger charge is 2.04. The molecule has 16 heavy (non-hydrogen) atoms. The van der Waals surface area contributed by atoms with Gasteiger partial charge in [0.15, 0.2) is 5.82 Å². The van der Waals surface area contributed by atoms with Crippen LogP contribution in [0.1, 0.15) is 11.7 Å². The fourth-order valence-corrected chi connectivity index (χ4v) is 2.12. The predicted molar refractivity (Wildman–Crippen MR) is 65.9 cm³/mol. The molecule has 6 heteroatoms. The Labute approximate surface area is 106 Å². The molecule has 2 rings (SSSR count). The number of aromatic nitrogens is 2. The van der Waals surface area contributed by atoms with Crippen molar-refractivity contribution in [3.8, 4) is 0 Å². The smallest absolute Gasteiger partial charge is 0.240 e. The van der Waals surface area contributed by atoms with E-state index in [2.05, 4.69) is 26.1 Å². The molecule has 0 radical (unpaired) electrons. The van der Waals surface area contributed by atoms with Gasteiger partial charge in [-0.1, -0.05) is 21.1 Å². The maximum atomic E-state index is 5.38. The highest BCUT2D eigenvalue weighted by molar-refractivity contribution is 9.10. The van der Waals surface area contributed by atoms with E-state index >= 15 is 0 Å². The van der Waals surface area contributed by atoms with Crippen molar-refractivity contribution < 1.29 is 4.52 Å². The van der Waals surface area contributed by atoms with E-state index in [4.69, 9.17) is 10.3 Å². The van der Waals surface area contributed by atoms with E-state index in [-0.39, 0.29) is 6.54 Å². The summed E-state index contributed by atoms with van der Waals surface area (Å²) in [6.45, 7) is 0.288. The van der Waals surface area contributed by atoms with E-state index < -0.39 is 0 Å². The quantitative estimate of drug-likeness (QED) is 0.879. The molecule has 0 aliphatic heterocycles. The standard InChI is InChI=1S/C10H10BrN3OS/c11-7-1-3-8(4-2-7)16-6-9-13-10(5-12)15-14-9/h1-4H,5-6,12H2. The Balaban J connectivity index is 1.94. The lowest BCUT2D eigenvalue weighted by Crippen LogP contribution is -1.96. The van der Waals surface area contributed by atoms with Crippen molar-refractivity contribution in [3.05, 3.63) is 40.5 Å². The average Bonchev–Trinajstić information content (AvgIpc) is 2.76. The Morgan fingerprint density at radius 2 is 2.06 bits per heavy atom. The number of hydrogen-bond acceptors (Lipinski definition) is 5.